The third-order valence-electron chi connectivity index (χ3n) is 2.31. The van der Waals surface area contributed by atoms with Crippen molar-refractivity contribution in [2.75, 3.05) is 0 Å². The van der Waals surface area contributed by atoms with E-state index in [4.69, 9.17) is 23.2 Å². The molecular formula is C11H9Cl2N. The number of nitrogens with zero attached hydrogens (tertiary/aromatic N) is 1. The summed E-state index contributed by atoms with van der Waals surface area (Å²) < 4.78 is 0. The van der Waals surface area contributed by atoms with Gasteiger partial charge in [-0.2, -0.15) is 0 Å². The maximum absolute atomic E-state index is 5.99. The molecule has 0 N–H and O–H groups in total. The quantitative estimate of drug-likeness (QED) is 0.614. The summed E-state index contributed by atoms with van der Waals surface area (Å²) in [5.41, 5.74) is 2.17. The van der Waals surface area contributed by atoms with Crippen LogP contribution in [0.25, 0.3) is 10.8 Å². The van der Waals surface area contributed by atoms with Gasteiger partial charge in [0.1, 0.15) is 10.3 Å². The Labute approximate surface area is 92.7 Å². The summed E-state index contributed by atoms with van der Waals surface area (Å²) in [5, 5.41) is 2.98. The van der Waals surface area contributed by atoms with Crippen LogP contribution in [0.4, 0.5) is 0 Å². The molecule has 1 nitrogen and oxygen atoms in total. The molecule has 1 heterocycles. The molecule has 0 aliphatic rings. The summed E-state index contributed by atoms with van der Waals surface area (Å²) in [6.45, 7) is 3.99. The van der Waals surface area contributed by atoms with Crippen LogP contribution < -0.4 is 0 Å². The second kappa shape index (κ2) is 3.41. The van der Waals surface area contributed by atoms with Gasteiger partial charge in [0, 0.05) is 5.39 Å². The van der Waals surface area contributed by atoms with Gasteiger partial charge in [-0.3, -0.25) is 0 Å². The molecule has 0 unspecified atom stereocenters. The normalized spacial score (nSPS) is 10.9. The predicted molar refractivity (Wildman–Crippen MR) is 61.2 cm³/mol. The first kappa shape index (κ1) is 9.75. The zero-order chi connectivity index (χ0) is 10.3. The first-order chi connectivity index (χ1) is 6.59. The summed E-state index contributed by atoms with van der Waals surface area (Å²) in [5.74, 6) is 0. The van der Waals surface area contributed by atoms with Crippen LogP contribution in [-0.4, -0.2) is 4.98 Å². The van der Waals surface area contributed by atoms with Gasteiger partial charge in [-0.05, 0) is 24.8 Å². The third kappa shape index (κ3) is 1.47. The smallest absolute Gasteiger partial charge is 0.138 e. The fourth-order valence-electron chi connectivity index (χ4n) is 1.49. The molecule has 0 spiro atoms. The zero-order valence-corrected chi connectivity index (χ0v) is 9.45. The van der Waals surface area contributed by atoms with Gasteiger partial charge in [-0.25, -0.2) is 4.98 Å². The van der Waals surface area contributed by atoms with Crippen molar-refractivity contribution in [3.8, 4) is 0 Å². The van der Waals surface area contributed by atoms with Crippen molar-refractivity contribution in [2.45, 2.75) is 13.8 Å². The number of hydrogen-bond donors (Lipinski definition) is 0. The van der Waals surface area contributed by atoms with E-state index >= 15 is 0 Å². The Hall–Kier alpha value is -0.790. The van der Waals surface area contributed by atoms with Crippen molar-refractivity contribution >= 4 is 34.0 Å². The van der Waals surface area contributed by atoms with Crippen LogP contribution in [-0.2, 0) is 0 Å². The molecular weight excluding hydrogens is 217 g/mol. The van der Waals surface area contributed by atoms with Crippen LogP contribution in [0, 0.1) is 13.8 Å². The molecule has 0 aliphatic carbocycles. The molecule has 2 aromatic rings. The van der Waals surface area contributed by atoms with Crippen LogP contribution in [0.3, 0.4) is 0 Å². The lowest BCUT2D eigenvalue weighted by molar-refractivity contribution is 1.30. The van der Waals surface area contributed by atoms with Gasteiger partial charge in [0.25, 0.3) is 0 Å². The van der Waals surface area contributed by atoms with Crippen molar-refractivity contribution in [3.05, 3.63) is 39.6 Å². The Morgan fingerprint density at radius 3 is 2.43 bits per heavy atom. The molecule has 2 rings (SSSR count). The minimum Gasteiger partial charge on any atom is -0.223 e. The van der Waals surface area contributed by atoms with Gasteiger partial charge in [0.2, 0.25) is 0 Å². The lowest BCUT2D eigenvalue weighted by atomic mass is 10.1. The number of benzene rings is 1. The van der Waals surface area contributed by atoms with Crippen molar-refractivity contribution in [1.82, 2.24) is 4.98 Å². The lowest BCUT2D eigenvalue weighted by Gasteiger charge is -2.06. The molecule has 0 amide bonds. The topological polar surface area (TPSA) is 12.9 Å². The van der Waals surface area contributed by atoms with E-state index in [-0.39, 0.29) is 0 Å². The zero-order valence-electron chi connectivity index (χ0n) is 7.94. The molecule has 0 radical (unpaired) electrons. The third-order valence-corrected chi connectivity index (χ3v) is 2.96. The standard InChI is InChI=1S/C11H9Cl2N/c1-6-3-4-8-9(5-6)7(2)10(12)14-11(8)13/h3-5H,1-2H3. The number of halogens is 2. The van der Waals surface area contributed by atoms with Crippen molar-refractivity contribution in [3.63, 3.8) is 0 Å². The van der Waals surface area contributed by atoms with Crippen molar-refractivity contribution < 1.29 is 0 Å². The van der Waals surface area contributed by atoms with E-state index < -0.39 is 0 Å². The maximum Gasteiger partial charge on any atom is 0.138 e. The average Bonchev–Trinajstić information content (AvgIpc) is 2.14. The number of rotatable bonds is 0. The summed E-state index contributed by atoms with van der Waals surface area (Å²) in [4.78, 5) is 4.06. The predicted octanol–water partition coefficient (Wildman–Crippen LogP) is 4.16. The largest absolute Gasteiger partial charge is 0.223 e. The molecule has 0 aliphatic heterocycles. The van der Waals surface area contributed by atoms with E-state index in [1.807, 2.05) is 26.0 Å². The number of aromatic nitrogens is 1. The first-order valence-electron chi connectivity index (χ1n) is 4.31. The number of aryl methyl sites for hydroxylation is 2. The van der Waals surface area contributed by atoms with Gasteiger partial charge in [-0.15, -0.1) is 0 Å². The van der Waals surface area contributed by atoms with Crippen LogP contribution in [0.2, 0.25) is 10.3 Å². The Morgan fingerprint density at radius 1 is 1.00 bits per heavy atom. The summed E-state index contributed by atoms with van der Waals surface area (Å²) in [6.07, 6.45) is 0. The van der Waals surface area contributed by atoms with Crippen LogP contribution in [0.5, 0.6) is 0 Å². The van der Waals surface area contributed by atoms with Gasteiger partial charge in [0.05, 0.1) is 0 Å². The number of hydrogen-bond acceptors (Lipinski definition) is 1. The SMILES string of the molecule is Cc1ccc2c(Cl)nc(Cl)c(C)c2c1. The van der Waals surface area contributed by atoms with Crippen LogP contribution in [0.15, 0.2) is 18.2 Å². The van der Waals surface area contributed by atoms with Gasteiger partial charge in [0.15, 0.2) is 0 Å². The van der Waals surface area contributed by atoms with Crippen molar-refractivity contribution in [2.24, 2.45) is 0 Å². The molecule has 14 heavy (non-hydrogen) atoms. The van der Waals surface area contributed by atoms with E-state index in [2.05, 4.69) is 11.1 Å². The highest BCUT2D eigenvalue weighted by atomic mass is 35.5. The highest BCUT2D eigenvalue weighted by Crippen LogP contribution is 2.29. The maximum atomic E-state index is 5.99. The van der Waals surface area contributed by atoms with Crippen molar-refractivity contribution in [1.29, 1.82) is 0 Å². The Kier molecular flexibility index (Phi) is 2.38. The average molecular weight is 226 g/mol. The Morgan fingerprint density at radius 2 is 1.71 bits per heavy atom. The molecule has 0 saturated carbocycles. The Balaban J connectivity index is 2.95. The first-order valence-corrected chi connectivity index (χ1v) is 5.07. The van der Waals surface area contributed by atoms with Gasteiger partial charge in [-0.1, -0.05) is 47.0 Å². The second-order valence-corrected chi connectivity index (χ2v) is 4.08. The van der Waals surface area contributed by atoms with E-state index in [0.717, 1.165) is 16.3 Å². The number of fused-ring (bicyclic) bond motifs is 1. The molecule has 0 saturated heterocycles. The van der Waals surface area contributed by atoms with E-state index in [9.17, 15) is 0 Å². The fraction of sp³-hybridized carbons (Fsp3) is 0.182. The summed E-state index contributed by atoms with van der Waals surface area (Å²) >= 11 is 11.9. The molecule has 0 bridgehead atoms. The molecule has 72 valence electrons. The molecule has 0 atom stereocenters. The molecule has 0 fully saturated rings. The number of pyridine rings is 1. The molecule has 1 aromatic carbocycles. The highest BCUT2D eigenvalue weighted by molar-refractivity contribution is 6.37. The fourth-order valence-corrected chi connectivity index (χ4v) is 1.97. The summed E-state index contributed by atoms with van der Waals surface area (Å²) in [6, 6.07) is 6.07. The van der Waals surface area contributed by atoms with E-state index in [0.29, 0.717) is 10.3 Å². The second-order valence-electron chi connectivity index (χ2n) is 3.37. The minimum atomic E-state index is 0.468. The van der Waals surface area contributed by atoms with Crippen LogP contribution >= 0.6 is 23.2 Å². The van der Waals surface area contributed by atoms with Crippen LogP contribution in [0.1, 0.15) is 11.1 Å². The van der Waals surface area contributed by atoms with E-state index in [1.165, 1.54) is 5.56 Å². The summed E-state index contributed by atoms with van der Waals surface area (Å²) in [7, 11) is 0. The monoisotopic (exact) mass is 225 g/mol. The Bertz CT molecular complexity index is 506. The molecule has 3 heteroatoms. The van der Waals surface area contributed by atoms with Gasteiger partial charge < -0.3 is 0 Å². The van der Waals surface area contributed by atoms with Gasteiger partial charge >= 0.3 is 0 Å². The lowest BCUT2D eigenvalue weighted by Crippen LogP contribution is -1.87. The van der Waals surface area contributed by atoms with E-state index in [1.54, 1.807) is 0 Å². The minimum absolute atomic E-state index is 0.468. The molecule has 1 aromatic heterocycles. The highest BCUT2D eigenvalue weighted by Gasteiger charge is 2.07.